The van der Waals surface area contributed by atoms with Gasteiger partial charge in [0.25, 0.3) is 0 Å². The molecule has 162 valence electrons. The van der Waals surface area contributed by atoms with Gasteiger partial charge in [-0.25, -0.2) is 0 Å². The van der Waals surface area contributed by atoms with Gasteiger partial charge in [-0.2, -0.15) is 0 Å². The van der Waals surface area contributed by atoms with Crippen LogP contribution in [-0.4, -0.2) is 8.80 Å². The van der Waals surface area contributed by atoms with Crippen molar-refractivity contribution < 1.29 is 0 Å². The fraction of sp³-hybridized carbons (Fsp3) is 0.0625. The van der Waals surface area contributed by atoms with Crippen LogP contribution >= 0.6 is 0 Å². The minimum Gasteiger partial charge on any atom is -0.316 e. The number of aromatic nitrogens is 2. The van der Waals surface area contributed by atoms with Gasteiger partial charge < -0.3 is 8.80 Å². The van der Waals surface area contributed by atoms with Gasteiger partial charge in [-0.05, 0) is 84.3 Å². The predicted molar refractivity (Wildman–Crippen MR) is 144 cm³/mol. The van der Waals surface area contributed by atoms with E-state index in [0.29, 0.717) is 0 Å². The third-order valence-corrected chi connectivity index (χ3v) is 7.07. The van der Waals surface area contributed by atoms with Crippen LogP contribution in [0.25, 0.3) is 55.1 Å². The first-order valence-corrected chi connectivity index (χ1v) is 11.8. The average molecular weight is 437 g/mol. The molecule has 0 N–H and O–H groups in total. The molecule has 0 spiro atoms. The maximum Gasteiger partial charge on any atom is 0.0534 e. The van der Waals surface area contributed by atoms with Crippen molar-refractivity contribution in [2.24, 2.45) is 0 Å². The van der Waals surface area contributed by atoms with Gasteiger partial charge in [0, 0.05) is 23.2 Å². The van der Waals surface area contributed by atoms with E-state index in [9.17, 15) is 0 Å². The van der Waals surface area contributed by atoms with E-state index in [1.807, 2.05) is 0 Å². The maximum atomic E-state index is 2.36. The van der Waals surface area contributed by atoms with Crippen LogP contribution in [0.15, 0.2) is 109 Å². The van der Waals surface area contributed by atoms with Gasteiger partial charge in [0.05, 0.1) is 22.4 Å². The van der Waals surface area contributed by atoms with Gasteiger partial charge in [-0.3, -0.25) is 0 Å². The highest BCUT2D eigenvalue weighted by Gasteiger charge is 2.13. The zero-order chi connectivity index (χ0) is 22.8. The van der Waals surface area contributed by atoms with Crippen LogP contribution in [0.1, 0.15) is 11.1 Å². The number of aryl methyl sites for hydroxylation is 2. The lowest BCUT2D eigenvalue weighted by Gasteiger charge is -2.14. The highest BCUT2D eigenvalue weighted by molar-refractivity contribution is 6.11. The van der Waals surface area contributed by atoms with E-state index in [1.165, 1.54) is 66.2 Å². The molecule has 0 saturated heterocycles. The maximum absolute atomic E-state index is 2.36. The van der Waals surface area contributed by atoms with Crippen molar-refractivity contribution in [3.8, 4) is 22.5 Å². The molecular weight excluding hydrogens is 412 g/mol. The summed E-state index contributed by atoms with van der Waals surface area (Å²) in [7, 11) is 0. The number of nitrogens with zero attached hydrogens (tertiary/aromatic N) is 2. The van der Waals surface area contributed by atoms with Crippen molar-refractivity contribution in [2.45, 2.75) is 13.8 Å². The van der Waals surface area contributed by atoms with Crippen molar-refractivity contribution in [1.29, 1.82) is 0 Å². The first-order chi connectivity index (χ1) is 16.7. The number of benzene rings is 3. The molecule has 0 amide bonds. The number of hydrogen-bond acceptors (Lipinski definition) is 0. The molecule has 0 atom stereocenters. The second-order valence-corrected chi connectivity index (χ2v) is 9.34. The second-order valence-electron chi connectivity index (χ2n) is 9.34. The van der Waals surface area contributed by atoms with Gasteiger partial charge in [-0.1, -0.05) is 59.7 Å². The molecule has 2 nitrogen and oxygen atoms in total. The van der Waals surface area contributed by atoms with Crippen LogP contribution < -0.4 is 0 Å². The van der Waals surface area contributed by atoms with E-state index < -0.39 is 0 Å². The molecule has 7 rings (SSSR count). The summed E-state index contributed by atoms with van der Waals surface area (Å²) in [6, 6.07) is 35.8. The smallest absolute Gasteiger partial charge is 0.0534 e. The lowest BCUT2D eigenvalue weighted by atomic mass is 9.99. The van der Waals surface area contributed by atoms with Gasteiger partial charge in [0.15, 0.2) is 0 Å². The molecule has 0 radical (unpaired) electrons. The Bertz CT molecular complexity index is 1710. The number of pyridine rings is 2. The van der Waals surface area contributed by atoms with Crippen molar-refractivity contribution in [3.05, 3.63) is 121 Å². The topological polar surface area (TPSA) is 8.82 Å². The summed E-state index contributed by atoms with van der Waals surface area (Å²) in [5.74, 6) is 0. The van der Waals surface area contributed by atoms with E-state index in [2.05, 4.69) is 132 Å². The zero-order valence-electron chi connectivity index (χ0n) is 19.3. The lowest BCUT2D eigenvalue weighted by molar-refractivity contribution is 1.21. The summed E-state index contributed by atoms with van der Waals surface area (Å²) in [6.45, 7) is 4.27. The molecule has 2 heteroatoms. The summed E-state index contributed by atoms with van der Waals surface area (Å²) < 4.78 is 4.63. The van der Waals surface area contributed by atoms with E-state index in [1.54, 1.807) is 0 Å². The third-order valence-electron chi connectivity index (χ3n) is 7.07. The van der Waals surface area contributed by atoms with Gasteiger partial charge in [0.1, 0.15) is 0 Å². The molecule has 4 heterocycles. The fourth-order valence-corrected chi connectivity index (χ4v) is 5.26. The number of rotatable bonds is 2. The molecule has 0 aliphatic heterocycles. The Kier molecular flexibility index (Phi) is 4.01. The van der Waals surface area contributed by atoms with Crippen molar-refractivity contribution >= 4 is 32.6 Å². The molecule has 0 aliphatic carbocycles. The predicted octanol–water partition coefficient (Wildman–Crippen LogP) is 8.45. The van der Waals surface area contributed by atoms with Crippen molar-refractivity contribution in [3.63, 3.8) is 0 Å². The van der Waals surface area contributed by atoms with Crippen molar-refractivity contribution in [1.82, 2.24) is 8.80 Å². The zero-order valence-corrected chi connectivity index (χ0v) is 19.3. The molecule has 0 fully saturated rings. The van der Waals surface area contributed by atoms with Gasteiger partial charge >= 0.3 is 0 Å². The second kappa shape index (κ2) is 7.10. The summed E-state index contributed by atoms with van der Waals surface area (Å²) in [4.78, 5) is 0. The highest BCUT2D eigenvalue weighted by atomic mass is 14.9. The minimum atomic E-state index is 1.22. The summed E-state index contributed by atoms with van der Waals surface area (Å²) >= 11 is 0. The van der Waals surface area contributed by atoms with Crippen LogP contribution in [0.4, 0.5) is 0 Å². The quantitative estimate of drug-likeness (QED) is 0.240. The molecule has 0 bridgehead atoms. The van der Waals surface area contributed by atoms with Gasteiger partial charge in [-0.15, -0.1) is 0 Å². The Morgan fingerprint density at radius 1 is 0.471 bits per heavy atom. The summed E-state index contributed by atoms with van der Waals surface area (Å²) in [5, 5.41) is 5.08. The Balaban J connectivity index is 1.56. The Hall–Kier alpha value is -4.30. The molecule has 0 unspecified atom stereocenters. The lowest BCUT2D eigenvalue weighted by Crippen LogP contribution is -1.95. The third kappa shape index (κ3) is 2.82. The van der Waals surface area contributed by atoms with Crippen LogP contribution in [0.3, 0.4) is 0 Å². The largest absolute Gasteiger partial charge is 0.316 e. The number of fused-ring (bicyclic) bond motifs is 6. The summed E-state index contributed by atoms with van der Waals surface area (Å²) in [5.41, 5.74) is 9.93. The van der Waals surface area contributed by atoms with E-state index in [0.717, 1.165) is 0 Å². The van der Waals surface area contributed by atoms with Crippen LogP contribution in [0.2, 0.25) is 0 Å². The molecule has 3 aromatic carbocycles. The van der Waals surface area contributed by atoms with Crippen LogP contribution in [-0.2, 0) is 0 Å². The summed E-state index contributed by atoms with van der Waals surface area (Å²) in [6.07, 6.45) is 4.34. The first-order valence-electron chi connectivity index (χ1n) is 11.8. The highest BCUT2D eigenvalue weighted by Crippen LogP contribution is 2.35. The molecule has 7 aromatic rings. The Labute approximate surface area is 198 Å². The SMILES string of the molecule is Cc1ccc(-c2cc3cc4c(cc(-c5ccc(C)cc5)n5cccc45)cc3c3cccn23)cc1. The van der Waals surface area contributed by atoms with E-state index >= 15 is 0 Å². The molecule has 34 heavy (non-hydrogen) atoms. The van der Waals surface area contributed by atoms with Gasteiger partial charge in [0.2, 0.25) is 0 Å². The first kappa shape index (κ1) is 19.2. The van der Waals surface area contributed by atoms with E-state index in [-0.39, 0.29) is 0 Å². The standard InChI is InChI=1S/C32H24N2/c1-21-7-11-23(12-8-21)31-19-25-17-28-26(18-27(25)29-5-3-15-33(29)31)20-32(34-16-4-6-30(28)34)24-13-9-22(2)10-14-24/h3-20H,1-2H3. The Morgan fingerprint density at radius 3 is 1.29 bits per heavy atom. The van der Waals surface area contributed by atoms with Crippen molar-refractivity contribution in [2.75, 3.05) is 0 Å². The normalized spacial score (nSPS) is 11.8. The minimum absolute atomic E-state index is 1.22. The molecule has 0 saturated carbocycles. The average Bonchev–Trinajstić information content (AvgIpc) is 3.54. The van der Waals surface area contributed by atoms with Crippen LogP contribution in [0.5, 0.6) is 0 Å². The van der Waals surface area contributed by atoms with Crippen LogP contribution in [0, 0.1) is 13.8 Å². The Morgan fingerprint density at radius 2 is 0.882 bits per heavy atom. The molecular formula is C32H24N2. The fourth-order valence-electron chi connectivity index (χ4n) is 5.26. The number of hydrogen-bond donors (Lipinski definition) is 0. The monoisotopic (exact) mass is 436 g/mol. The van der Waals surface area contributed by atoms with E-state index in [4.69, 9.17) is 0 Å². The molecule has 0 aliphatic rings. The molecule has 4 aromatic heterocycles.